The van der Waals surface area contributed by atoms with Crippen molar-refractivity contribution in [1.29, 1.82) is 0 Å². The van der Waals surface area contributed by atoms with Crippen LogP contribution in [0.3, 0.4) is 0 Å². The zero-order chi connectivity index (χ0) is 7.52. The minimum Gasteiger partial charge on any atom is -0.313 e. The smallest absolute Gasteiger partial charge is 0.0889 e. The largest absolute Gasteiger partial charge is 0.313 e. The van der Waals surface area contributed by atoms with Crippen molar-refractivity contribution in [3.05, 3.63) is 29.6 Å². The van der Waals surface area contributed by atoms with Crippen LogP contribution in [0.5, 0.6) is 0 Å². The van der Waals surface area contributed by atoms with Gasteiger partial charge < -0.3 is 5.32 Å². The van der Waals surface area contributed by atoms with E-state index in [0.717, 1.165) is 19.5 Å². The first kappa shape index (κ1) is 6.80. The van der Waals surface area contributed by atoms with Crippen molar-refractivity contribution in [3.8, 4) is 0 Å². The molecule has 0 atom stereocenters. The Morgan fingerprint density at radius 3 is 3.55 bits per heavy atom. The first-order valence-electron chi connectivity index (χ1n) is 4.02. The molecule has 1 N–H and O–H groups in total. The fourth-order valence-corrected chi connectivity index (χ4v) is 1.40. The van der Waals surface area contributed by atoms with Crippen molar-refractivity contribution in [2.24, 2.45) is 0 Å². The number of nitrogens with one attached hydrogen (secondary N) is 1. The normalized spacial score (nSPS) is 17.1. The number of rotatable bonds is 0. The first-order chi connectivity index (χ1) is 5.47. The lowest BCUT2D eigenvalue weighted by Gasteiger charge is -2.00. The summed E-state index contributed by atoms with van der Waals surface area (Å²) in [5.74, 6) is 0. The molecule has 0 bridgehead atoms. The van der Waals surface area contributed by atoms with Crippen LogP contribution in [-0.4, -0.2) is 11.5 Å². The van der Waals surface area contributed by atoms with Gasteiger partial charge in [0.15, 0.2) is 0 Å². The average Bonchev–Trinajstić information content (AvgIpc) is 2.28. The monoisotopic (exact) mass is 147 g/mol. The van der Waals surface area contributed by atoms with Crippen molar-refractivity contribution in [2.45, 2.75) is 19.4 Å². The number of nitrogens with zero attached hydrogens (tertiary/aromatic N) is 1. The topological polar surface area (TPSA) is 24.9 Å². The number of hydrogen-bond donors (Lipinski definition) is 1. The van der Waals surface area contributed by atoms with Crippen LogP contribution in [-0.2, 0) is 13.0 Å². The van der Waals surface area contributed by atoms with E-state index in [9.17, 15) is 0 Å². The van der Waals surface area contributed by atoms with Crippen LogP contribution < -0.4 is 5.32 Å². The van der Waals surface area contributed by atoms with Gasteiger partial charge in [-0.05, 0) is 31.0 Å². The fourth-order valence-electron chi connectivity index (χ4n) is 1.40. The Labute approximate surface area is 66.7 Å². The summed E-state index contributed by atoms with van der Waals surface area (Å²) < 4.78 is 0. The van der Waals surface area contributed by atoms with Gasteiger partial charge >= 0.3 is 0 Å². The molecule has 0 aliphatic carbocycles. The minimum absolute atomic E-state index is 0.969. The van der Waals surface area contributed by atoms with Crippen molar-refractivity contribution < 1.29 is 0 Å². The summed E-state index contributed by atoms with van der Waals surface area (Å²) in [6.45, 7) is 2.08. The molecule has 1 radical (unpaired) electrons. The number of hydrogen-bond acceptors (Lipinski definition) is 2. The molecule has 0 saturated heterocycles. The number of fused-ring (bicyclic) bond motifs is 1. The van der Waals surface area contributed by atoms with Crippen molar-refractivity contribution >= 4 is 0 Å². The molecule has 11 heavy (non-hydrogen) atoms. The standard InChI is InChI=1S/C9H11N2/c1-3-8-7-10-5-2-4-9(8)11-6-1/h1,3,10H,2,4-5,7H2. The maximum Gasteiger partial charge on any atom is 0.0889 e. The van der Waals surface area contributed by atoms with Gasteiger partial charge in [-0.3, -0.25) is 4.98 Å². The first-order valence-corrected chi connectivity index (χ1v) is 4.02. The van der Waals surface area contributed by atoms with Crippen LogP contribution in [0.15, 0.2) is 12.1 Å². The highest BCUT2D eigenvalue weighted by Gasteiger charge is 2.06. The Kier molecular flexibility index (Phi) is 1.86. The van der Waals surface area contributed by atoms with E-state index in [-0.39, 0.29) is 0 Å². The van der Waals surface area contributed by atoms with E-state index in [0.29, 0.717) is 0 Å². The maximum absolute atomic E-state index is 4.21. The quantitative estimate of drug-likeness (QED) is 0.590. The van der Waals surface area contributed by atoms with Gasteiger partial charge in [-0.15, -0.1) is 0 Å². The summed E-state index contributed by atoms with van der Waals surface area (Å²) in [5, 5.41) is 3.35. The van der Waals surface area contributed by atoms with Gasteiger partial charge in [-0.1, -0.05) is 6.07 Å². The van der Waals surface area contributed by atoms with E-state index in [1.807, 2.05) is 6.07 Å². The molecule has 0 aromatic carbocycles. The molecule has 1 aliphatic rings. The molecule has 1 aromatic rings. The van der Waals surface area contributed by atoms with E-state index in [1.54, 1.807) is 0 Å². The molecule has 1 aliphatic heterocycles. The second-order valence-corrected chi connectivity index (χ2v) is 2.83. The highest BCUT2D eigenvalue weighted by molar-refractivity contribution is 5.20. The van der Waals surface area contributed by atoms with E-state index < -0.39 is 0 Å². The van der Waals surface area contributed by atoms with E-state index in [4.69, 9.17) is 0 Å². The summed E-state index contributed by atoms with van der Waals surface area (Å²) >= 11 is 0. The third kappa shape index (κ3) is 1.40. The Balaban J connectivity index is 2.33. The number of pyridine rings is 1. The average molecular weight is 147 g/mol. The second kappa shape index (κ2) is 3.01. The van der Waals surface area contributed by atoms with E-state index in [2.05, 4.69) is 22.6 Å². The van der Waals surface area contributed by atoms with Gasteiger partial charge in [0.25, 0.3) is 0 Å². The zero-order valence-corrected chi connectivity index (χ0v) is 6.43. The molecule has 0 saturated carbocycles. The van der Waals surface area contributed by atoms with Gasteiger partial charge in [0.1, 0.15) is 0 Å². The Bertz CT molecular complexity index is 220. The van der Waals surface area contributed by atoms with Crippen LogP contribution in [0.4, 0.5) is 0 Å². The molecule has 2 heteroatoms. The second-order valence-electron chi connectivity index (χ2n) is 2.83. The molecule has 2 heterocycles. The predicted molar refractivity (Wildman–Crippen MR) is 43.1 cm³/mol. The lowest BCUT2D eigenvalue weighted by Crippen LogP contribution is -2.11. The summed E-state index contributed by atoms with van der Waals surface area (Å²) in [5.41, 5.74) is 2.55. The third-order valence-corrected chi connectivity index (χ3v) is 2.01. The van der Waals surface area contributed by atoms with Gasteiger partial charge in [-0.2, -0.15) is 0 Å². The van der Waals surface area contributed by atoms with Gasteiger partial charge in [0.2, 0.25) is 0 Å². The van der Waals surface area contributed by atoms with Crippen LogP contribution in [0, 0.1) is 6.20 Å². The van der Waals surface area contributed by atoms with E-state index in [1.165, 1.54) is 17.7 Å². The molecule has 0 unspecified atom stereocenters. The summed E-state index contributed by atoms with van der Waals surface area (Å²) in [4.78, 5) is 4.21. The Hall–Kier alpha value is -0.890. The SMILES string of the molecule is [c]1ccc2c(n1)CCCNC2. The minimum atomic E-state index is 0.969. The Morgan fingerprint density at radius 1 is 1.55 bits per heavy atom. The molecule has 0 amide bonds. The van der Waals surface area contributed by atoms with Crippen LogP contribution in [0.25, 0.3) is 0 Å². The lowest BCUT2D eigenvalue weighted by molar-refractivity contribution is 0.680. The van der Waals surface area contributed by atoms with Gasteiger partial charge in [-0.25, -0.2) is 0 Å². The highest BCUT2D eigenvalue weighted by atomic mass is 14.9. The Morgan fingerprint density at radius 2 is 2.55 bits per heavy atom. The zero-order valence-electron chi connectivity index (χ0n) is 6.43. The van der Waals surface area contributed by atoms with Crippen LogP contribution in [0.1, 0.15) is 17.7 Å². The van der Waals surface area contributed by atoms with Gasteiger partial charge in [0, 0.05) is 12.2 Å². The van der Waals surface area contributed by atoms with E-state index >= 15 is 0 Å². The van der Waals surface area contributed by atoms with Crippen molar-refractivity contribution in [3.63, 3.8) is 0 Å². The summed E-state index contributed by atoms with van der Waals surface area (Å²) in [6.07, 6.45) is 5.16. The van der Waals surface area contributed by atoms with Gasteiger partial charge in [0.05, 0.1) is 6.20 Å². The summed E-state index contributed by atoms with van der Waals surface area (Å²) in [7, 11) is 0. The summed E-state index contributed by atoms with van der Waals surface area (Å²) in [6, 6.07) is 3.98. The molecule has 0 fully saturated rings. The molecular weight excluding hydrogens is 136 g/mol. The number of aromatic nitrogens is 1. The van der Waals surface area contributed by atoms with Crippen molar-refractivity contribution in [1.82, 2.24) is 10.3 Å². The highest BCUT2D eigenvalue weighted by Crippen LogP contribution is 2.09. The molecule has 1 aromatic heterocycles. The number of aryl methyl sites for hydroxylation is 1. The van der Waals surface area contributed by atoms with Crippen LogP contribution >= 0.6 is 0 Å². The molecule has 57 valence electrons. The molecule has 2 nitrogen and oxygen atoms in total. The third-order valence-electron chi connectivity index (χ3n) is 2.01. The maximum atomic E-state index is 4.21. The molecule has 2 rings (SSSR count). The van der Waals surface area contributed by atoms with Crippen LogP contribution in [0.2, 0.25) is 0 Å². The predicted octanol–water partition coefficient (Wildman–Crippen LogP) is 0.918. The van der Waals surface area contributed by atoms with Crippen molar-refractivity contribution in [2.75, 3.05) is 6.54 Å². The lowest BCUT2D eigenvalue weighted by atomic mass is 10.1. The fraction of sp³-hybridized carbons (Fsp3) is 0.444. The molecular formula is C9H11N2. The molecule has 0 spiro atoms.